The highest BCUT2D eigenvalue weighted by Crippen LogP contribution is 2.30. The summed E-state index contributed by atoms with van der Waals surface area (Å²) in [5.41, 5.74) is 1.60. The Morgan fingerprint density at radius 3 is 2.71 bits per heavy atom. The molecule has 0 radical (unpaired) electrons. The fourth-order valence-electron chi connectivity index (χ4n) is 2.34. The number of rotatable bonds is 7. The van der Waals surface area contributed by atoms with Crippen molar-refractivity contribution in [3.63, 3.8) is 0 Å². The van der Waals surface area contributed by atoms with E-state index in [9.17, 15) is 9.59 Å². The monoisotopic (exact) mass is 291 g/mol. The van der Waals surface area contributed by atoms with Crippen LogP contribution < -0.4 is 10.1 Å². The van der Waals surface area contributed by atoms with Gasteiger partial charge in [0, 0.05) is 12.1 Å². The van der Waals surface area contributed by atoms with Crippen LogP contribution in [0.25, 0.3) is 0 Å². The minimum absolute atomic E-state index is 0.0317. The molecule has 0 unspecified atom stereocenters. The minimum Gasteiger partial charge on any atom is -0.482 e. The third kappa shape index (κ3) is 4.77. The van der Waals surface area contributed by atoms with Crippen molar-refractivity contribution in [1.29, 1.82) is 0 Å². The van der Waals surface area contributed by atoms with E-state index in [4.69, 9.17) is 9.84 Å². The molecule has 5 heteroatoms. The zero-order valence-electron chi connectivity index (χ0n) is 12.2. The van der Waals surface area contributed by atoms with E-state index in [1.807, 2.05) is 6.92 Å². The number of amides is 1. The first-order chi connectivity index (χ1) is 10.0. The first-order valence-electron chi connectivity index (χ1n) is 7.29. The van der Waals surface area contributed by atoms with E-state index in [1.54, 1.807) is 18.2 Å². The van der Waals surface area contributed by atoms with Gasteiger partial charge < -0.3 is 15.2 Å². The molecule has 1 aromatic rings. The number of carbonyl (C=O) groups is 2. The molecular weight excluding hydrogens is 270 g/mol. The number of carbonyl (C=O) groups excluding carboxylic acids is 1. The summed E-state index contributed by atoms with van der Waals surface area (Å²) in [7, 11) is 0. The average Bonchev–Trinajstić information content (AvgIpc) is 2.37. The van der Waals surface area contributed by atoms with Crippen LogP contribution in [0.2, 0.25) is 0 Å². The van der Waals surface area contributed by atoms with Gasteiger partial charge in [-0.15, -0.1) is 0 Å². The van der Waals surface area contributed by atoms with Crippen LogP contribution in [-0.4, -0.2) is 23.6 Å². The average molecular weight is 291 g/mol. The number of aryl methyl sites for hydroxylation is 1. The minimum atomic E-state index is -1.01. The second-order valence-electron chi connectivity index (χ2n) is 5.54. The predicted molar refractivity (Wildman–Crippen MR) is 79.5 cm³/mol. The van der Waals surface area contributed by atoms with E-state index in [-0.39, 0.29) is 12.5 Å². The first-order valence-corrected chi connectivity index (χ1v) is 7.29. The quantitative estimate of drug-likeness (QED) is 0.809. The molecule has 0 spiro atoms. The summed E-state index contributed by atoms with van der Waals surface area (Å²) in [5, 5.41) is 11.5. The maximum Gasteiger partial charge on any atom is 0.341 e. The van der Waals surface area contributed by atoms with Gasteiger partial charge in [0.1, 0.15) is 5.75 Å². The van der Waals surface area contributed by atoms with Crippen LogP contribution in [0.15, 0.2) is 18.2 Å². The molecule has 1 amide bonds. The van der Waals surface area contributed by atoms with Crippen LogP contribution in [0.1, 0.15) is 37.7 Å². The van der Waals surface area contributed by atoms with E-state index in [0.717, 1.165) is 23.6 Å². The summed E-state index contributed by atoms with van der Waals surface area (Å²) in [4.78, 5) is 22.3. The fourth-order valence-corrected chi connectivity index (χ4v) is 2.34. The van der Waals surface area contributed by atoms with Gasteiger partial charge in [0.2, 0.25) is 5.91 Å². The van der Waals surface area contributed by atoms with E-state index in [1.165, 1.54) is 19.3 Å². The largest absolute Gasteiger partial charge is 0.482 e. The SMILES string of the molecule is Cc1cc(OCC(=O)O)ccc1NC(=O)CCC1CCC1. The van der Waals surface area contributed by atoms with E-state index in [2.05, 4.69) is 5.32 Å². The number of hydrogen-bond acceptors (Lipinski definition) is 3. The van der Waals surface area contributed by atoms with Gasteiger partial charge in [0.15, 0.2) is 6.61 Å². The molecular formula is C16H21NO4. The normalized spacial score (nSPS) is 14.3. The van der Waals surface area contributed by atoms with E-state index in [0.29, 0.717) is 12.2 Å². The van der Waals surface area contributed by atoms with Crippen molar-refractivity contribution in [2.24, 2.45) is 5.92 Å². The highest BCUT2D eigenvalue weighted by Gasteiger charge is 2.18. The smallest absolute Gasteiger partial charge is 0.341 e. The lowest BCUT2D eigenvalue weighted by Crippen LogP contribution is -2.17. The number of benzene rings is 1. The second kappa shape index (κ2) is 7.11. The molecule has 0 atom stereocenters. The van der Waals surface area contributed by atoms with Gasteiger partial charge in [-0.05, 0) is 43.0 Å². The predicted octanol–water partition coefficient (Wildman–Crippen LogP) is 2.98. The standard InChI is InChI=1S/C16H21NO4/c1-11-9-13(21-10-16(19)20)6-7-14(11)17-15(18)8-5-12-3-2-4-12/h6-7,9,12H,2-5,8,10H2,1H3,(H,17,18)(H,19,20). The van der Waals surface area contributed by atoms with Crippen molar-refractivity contribution in [1.82, 2.24) is 0 Å². The van der Waals surface area contributed by atoms with Gasteiger partial charge in [-0.25, -0.2) is 4.79 Å². The highest BCUT2D eigenvalue weighted by molar-refractivity contribution is 5.91. The van der Waals surface area contributed by atoms with Gasteiger partial charge in [-0.3, -0.25) is 4.79 Å². The molecule has 21 heavy (non-hydrogen) atoms. The summed E-state index contributed by atoms with van der Waals surface area (Å²) in [6.07, 6.45) is 5.32. The molecule has 1 saturated carbocycles. The molecule has 1 fully saturated rings. The number of carboxylic acid groups (broad SMARTS) is 1. The Balaban J connectivity index is 1.84. The first kappa shape index (κ1) is 15.4. The molecule has 0 bridgehead atoms. The zero-order valence-corrected chi connectivity index (χ0v) is 12.2. The van der Waals surface area contributed by atoms with Crippen molar-refractivity contribution in [3.8, 4) is 5.75 Å². The van der Waals surface area contributed by atoms with Crippen LogP contribution in [-0.2, 0) is 9.59 Å². The molecule has 0 heterocycles. The Bertz CT molecular complexity index is 523. The Hall–Kier alpha value is -2.04. The molecule has 2 rings (SSSR count). The van der Waals surface area contributed by atoms with Gasteiger partial charge in [0.05, 0.1) is 0 Å². The van der Waals surface area contributed by atoms with Gasteiger partial charge in [0.25, 0.3) is 0 Å². The Morgan fingerprint density at radius 2 is 2.14 bits per heavy atom. The van der Waals surface area contributed by atoms with Crippen molar-refractivity contribution in [2.75, 3.05) is 11.9 Å². The Morgan fingerprint density at radius 1 is 1.38 bits per heavy atom. The highest BCUT2D eigenvalue weighted by atomic mass is 16.5. The lowest BCUT2D eigenvalue weighted by molar-refractivity contribution is -0.139. The molecule has 1 aliphatic carbocycles. The lowest BCUT2D eigenvalue weighted by Gasteiger charge is -2.24. The molecule has 5 nitrogen and oxygen atoms in total. The summed E-state index contributed by atoms with van der Waals surface area (Å²) < 4.78 is 5.10. The fraction of sp³-hybridized carbons (Fsp3) is 0.500. The molecule has 0 saturated heterocycles. The van der Waals surface area contributed by atoms with E-state index >= 15 is 0 Å². The van der Waals surface area contributed by atoms with Crippen LogP contribution in [0.4, 0.5) is 5.69 Å². The summed E-state index contributed by atoms with van der Waals surface area (Å²) in [5.74, 6) is 0.233. The van der Waals surface area contributed by atoms with Crippen LogP contribution in [0.3, 0.4) is 0 Å². The summed E-state index contributed by atoms with van der Waals surface area (Å²) in [6.45, 7) is 1.49. The second-order valence-corrected chi connectivity index (χ2v) is 5.54. The van der Waals surface area contributed by atoms with Crippen LogP contribution in [0, 0.1) is 12.8 Å². The van der Waals surface area contributed by atoms with Crippen molar-refractivity contribution in [2.45, 2.75) is 39.0 Å². The summed E-state index contributed by atoms with van der Waals surface area (Å²) in [6, 6.07) is 5.13. The van der Waals surface area contributed by atoms with Crippen LogP contribution in [0.5, 0.6) is 5.75 Å². The number of anilines is 1. The molecule has 0 aliphatic heterocycles. The van der Waals surface area contributed by atoms with Gasteiger partial charge in [-0.2, -0.15) is 0 Å². The van der Waals surface area contributed by atoms with Gasteiger partial charge >= 0.3 is 5.97 Å². The zero-order chi connectivity index (χ0) is 15.2. The van der Waals surface area contributed by atoms with Crippen molar-refractivity contribution < 1.29 is 19.4 Å². The lowest BCUT2D eigenvalue weighted by atomic mass is 9.82. The maximum absolute atomic E-state index is 11.9. The Kier molecular flexibility index (Phi) is 5.20. The third-order valence-corrected chi connectivity index (χ3v) is 3.84. The number of ether oxygens (including phenoxy) is 1. The van der Waals surface area contributed by atoms with E-state index < -0.39 is 5.97 Å². The molecule has 1 aromatic carbocycles. The molecule has 114 valence electrons. The molecule has 2 N–H and O–H groups in total. The number of hydrogen-bond donors (Lipinski definition) is 2. The summed E-state index contributed by atoms with van der Waals surface area (Å²) >= 11 is 0. The maximum atomic E-state index is 11.9. The Labute approximate surface area is 124 Å². The number of aliphatic carboxylic acids is 1. The molecule has 1 aliphatic rings. The van der Waals surface area contributed by atoms with Crippen molar-refractivity contribution >= 4 is 17.6 Å². The van der Waals surface area contributed by atoms with Gasteiger partial charge in [-0.1, -0.05) is 19.3 Å². The molecule has 0 aromatic heterocycles. The topological polar surface area (TPSA) is 75.6 Å². The number of carboxylic acids is 1. The number of nitrogens with one attached hydrogen (secondary N) is 1. The van der Waals surface area contributed by atoms with Crippen molar-refractivity contribution in [3.05, 3.63) is 23.8 Å². The third-order valence-electron chi connectivity index (χ3n) is 3.84. The van der Waals surface area contributed by atoms with Crippen LogP contribution >= 0.6 is 0 Å².